The van der Waals surface area contributed by atoms with Crippen molar-refractivity contribution in [2.45, 2.75) is 24.0 Å². The zero-order valence-electron chi connectivity index (χ0n) is 20.7. The summed E-state index contributed by atoms with van der Waals surface area (Å²) in [7, 11) is 1.82. The van der Waals surface area contributed by atoms with Crippen molar-refractivity contribution in [2.24, 2.45) is 12.5 Å². The van der Waals surface area contributed by atoms with Crippen LogP contribution in [0.25, 0.3) is 11.8 Å². The molecule has 0 radical (unpaired) electrons. The Labute approximate surface area is 225 Å². The Morgan fingerprint density at radius 1 is 1.08 bits per heavy atom. The first-order valence-electron chi connectivity index (χ1n) is 12.2. The first-order chi connectivity index (χ1) is 18.6. The molecule has 200 valence electrons. The van der Waals surface area contributed by atoms with Crippen LogP contribution in [0.5, 0.6) is 0 Å². The molecule has 1 unspecified atom stereocenters. The molecule has 7 nitrogen and oxygen atoms in total. The lowest BCUT2D eigenvalue weighted by Gasteiger charge is -2.44. The van der Waals surface area contributed by atoms with E-state index in [9.17, 15) is 22.4 Å². The number of aromatic nitrogens is 5. The van der Waals surface area contributed by atoms with Gasteiger partial charge in [0.05, 0.1) is 34.8 Å². The molecule has 6 rings (SSSR count). The highest BCUT2D eigenvalue weighted by molar-refractivity contribution is 7.97. The summed E-state index contributed by atoms with van der Waals surface area (Å²) in [4.78, 5) is 18.3. The summed E-state index contributed by atoms with van der Waals surface area (Å²) in [5.74, 6) is -0.829. The van der Waals surface area contributed by atoms with Crippen LogP contribution in [-0.2, 0) is 19.6 Å². The van der Waals surface area contributed by atoms with Crippen molar-refractivity contribution in [3.63, 3.8) is 0 Å². The van der Waals surface area contributed by atoms with Crippen molar-refractivity contribution >= 4 is 23.8 Å². The molecule has 39 heavy (non-hydrogen) atoms. The van der Waals surface area contributed by atoms with Gasteiger partial charge >= 0.3 is 6.18 Å². The van der Waals surface area contributed by atoms with E-state index in [0.29, 0.717) is 18.7 Å². The van der Waals surface area contributed by atoms with E-state index in [4.69, 9.17) is 0 Å². The van der Waals surface area contributed by atoms with Crippen LogP contribution in [0.4, 0.5) is 17.6 Å². The molecular formula is C27H22F4N6OS. The smallest absolute Gasteiger partial charge is 0.291 e. The number of carbonyl (C=O) groups excluding carboxylic acids is 1. The highest BCUT2D eigenvalue weighted by atomic mass is 32.2. The van der Waals surface area contributed by atoms with E-state index in [-0.39, 0.29) is 24.5 Å². The van der Waals surface area contributed by atoms with Gasteiger partial charge in [-0.3, -0.25) is 14.5 Å². The molecule has 12 heteroatoms. The minimum atomic E-state index is -4.60. The maximum absolute atomic E-state index is 14.2. The van der Waals surface area contributed by atoms with E-state index >= 15 is 0 Å². The van der Waals surface area contributed by atoms with Gasteiger partial charge in [-0.25, -0.2) is 13.4 Å². The lowest BCUT2D eigenvalue weighted by atomic mass is 9.65. The summed E-state index contributed by atoms with van der Waals surface area (Å²) in [6.45, 7) is 0.888. The summed E-state index contributed by atoms with van der Waals surface area (Å²) in [5, 5.41) is 9.58. The van der Waals surface area contributed by atoms with Crippen LogP contribution in [-0.4, -0.2) is 47.7 Å². The van der Waals surface area contributed by atoms with Gasteiger partial charge in [-0.05, 0) is 78.9 Å². The van der Waals surface area contributed by atoms with Gasteiger partial charge in [0, 0.05) is 26.3 Å². The SMILES string of the molecule is Cn1nccc1SN1CCC2=Cc3c(cnn3-c3ccc(F)cc3)CC2(C(=O)c2cc(C(F)(F)F)ccn2)C1. The van der Waals surface area contributed by atoms with E-state index in [0.717, 1.165) is 40.2 Å². The van der Waals surface area contributed by atoms with Crippen LogP contribution in [0.2, 0.25) is 0 Å². The van der Waals surface area contributed by atoms with Crippen LogP contribution < -0.4 is 0 Å². The second-order valence-corrected chi connectivity index (χ2v) is 10.7. The Morgan fingerprint density at radius 2 is 1.87 bits per heavy atom. The van der Waals surface area contributed by atoms with Crippen molar-refractivity contribution < 1.29 is 22.4 Å². The Balaban J connectivity index is 1.42. The lowest BCUT2D eigenvalue weighted by Crippen LogP contribution is -2.50. The fourth-order valence-electron chi connectivity index (χ4n) is 5.24. The highest BCUT2D eigenvalue weighted by Crippen LogP contribution is 2.48. The Hall–Kier alpha value is -3.77. The fourth-order valence-corrected chi connectivity index (χ4v) is 6.26. The number of fused-ring (bicyclic) bond motifs is 2. The zero-order valence-corrected chi connectivity index (χ0v) is 21.5. The van der Waals surface area contributed by atoms with Crippen LogP contribution >= 0.6 is 11.9 Å². The van der Waals surface area contributed by atoms with E-state index in [2.05, 4.69) is 19.5 Å². The summed E-state index contributed by atoms with van der Waals surface area (Å²) in [6.07, 6.45) is 2.45. The van der Waals surface area contributed by atoms with Gasteiger partial charge in [0.25, 0.3) is 0 Å². The number of ketones is 1. The van der Waals surface area contributed by atoms with Gasteiger partial charge in [0.15, 0.2) is 5.78 Å². The largest absolute Gasteiger partial charge is 0.416 e. The molecule has 0 amide bonds. The fraction of sp³-hybridized carbons (Fsp3) is 0.259. The molecule has 0 saturated carbocycles. The molecule has 1 aliphatic heterocycles. The molecule has 4 aromatic rings. The second kappa shape index (κ2) is 9.45. The molecule has 3 aromatic heterocycles. The normalized spacial score (nSPS) is 19.4. The number of aryl methyl sites for hydroxylation is 1. The van der Waals surface area contributed by atoms with Gasteiger partial charge in [-0.2, -0.15) is 23.4 Å². The number of benzene rings is 1. The van der Waals surface area contributed by atoms with Crippen molar-refractivity contribution in [2.75, 3.05) is 13.1 Å². The number of alkyl halides is 3. The van der Waals surface area contributed by atoms with Crippen molar-refractivity contribution in [1.82, 2.24) is 28.9 Å². The molecule has 0 spiro atoms. The number of piperidine rings is 1. The number of pyridine rings is 1. The monoisotopic (exact) mass is 554 g/mol. The minimum Gasteiger partial charge on any atom is -0.291 e. The Kier molecular flexibility index (Phi) is 6.18. The van der Waals surface area contributed by atoms with E-state index < -0.39 is 22.9 Å². The van der Waals surface area contributed by atoms with Gasteiger partial charge in [0.2, 0.25) is 0 Å². The lowest BCUT2D eigenvalue weighted by molar-refractivity contribution is -0.137. The third kappa shape index (κ3) is 4.57. The summed E-state index contributed by atoms with van der Waals surface area (Å²) >= 11 is 1.45. The standard InChI is InChI=1S/C27H22F4N6OS/c1-35-24(7-10-33-35)39-36-11-8-18-13-23-17(15-34-37(23)21-4-2-20(28)3-5-21)14-26(18,16-36)25(38)22-12-19(6-9-32-22)27(29,30)31/h2-7,9-10,12-13,15H,8,11,14,16H2,1H3. The first-order valence-corrected chi connectivity index (χ1v) is 12.9. The molecule has 0 bridgehead atoms. The molecule has 1 aliphatic carbocycles. The number of carbonyl (C=O) groups is 1. The maximum Gasteiger partial charge on any atom is 0.416 e. The van der Waals surface area contributed by atoms with Crippen molar-refractivity contribution in [3.05, 3.63) is 95.0 Å². The zero-order chi connectivity index (χ0) is 27.4. The van der Waals surface area contributed by atoms with E-state index in [1.165, 1.54) is 24.1 Å². The maximum atomic E-state index is 14.2. The Bertz CT molecular complexity index is 1590. The molecule has 1 fully saturated rings. The van der Waals surface area contributed by atoms with Gasteiger partial charge in [-0.15, -0.1) is 0 Å². The first kappa shape index (κ1) is 25.5. The third-order valence-corrected chi connectivity index (χ3v) is 8.36. The van der Waals surface area contributed by atoms with E-state index in [1.54, 1.807) is 33.9 Å². The quantitative estimate of drug-likeness (QED) is 0.188. The number of nitrogens with zero attached hydrogens (tertiary/aromatic N) is 6. The summed E-state index contributed by atoms with van der Waals surface area (Å²) < 4.78 is 59.5. The number of halogens is 4. The molecule has 2 aliphatic rings. The molecule has 4 heterocycles. The second-order valence-electron chi connectivity index (χ2n) is 9.63. The van der Waals surface area contributed by atoms with E-state index in [1.807, 2.05) is 19.2 Å². The third-order valence-electron chi connectivity index (χ3n) is 7.21. The number of hydrogen-bond donors (Lipinski definition) is 0. The molecular weight excluding hydrogens is 532 g/mol. The van der Waals surface area contributed by atoms with Crippen molar-refractivity contribution in [3.8, 4) is 5.69 Å². The van der Waals surface area contributed by atoms with Crippen LogP contribution in [0.15, 0.2) is 71.7 Å². The molecule has 1 aromatic carbocycles. The molecule has 1 saturated heterocycles. The Morgan fingerprint density at radius 3 is 2.59 bits per heavy atom. The predicted molar refractivity (Wildman–Crippen MR) is 136 cm³/mol. The molecule has 1 atom stereocenters. The summed E-state index contributed by atoms with van der Waals surface area (Å²) in [5.41, 5.74) is 0.741. The average Bonchev–Trinajstić information content (AvgIpc) is 3.52. The predicted octanol–water partition coefficient (Wildman–Crippen LogP) is 5.38. The molecule has 0 N–H and O–H groups in total. The van der Waals surface area contributed by atoms with Crippen molar-refractivity contribution in [1.29, 1.82) is 0 Å². The number of rotatable bonds is 5. The number of hydrogen-bond acceptors (Lipinski definition) is 6. The topological polar surface area (TPSA) is 68.8 Å². The van der Waals surface area contributed by atoms with Crippen LogP contribution in [0, 0.1) is 11.2 Å². The van der Waals surface area contributed by atoms with Gasteiger partial charge in [-0.1, -0.05) is 5.57 Å². The van der Waals surface area contributed by atoms with Gasteiger partial charge < -0.3 is 0 Å². The average molecular weight is 555 g/mol. The summed E-state index contributed by atoms with van der Waals surface area (Å²) in [6, 6.07) is 9.50. The van der Waals surface area contributed by atoms with Crippen LogP contribution in [0.3, 0.4) is 0 Å². The highest BCUT2D eigenvalue weighted by Gasteiger charge is 2.50. The van der Waals surface area contributed by atoms with Gasteiger partial charge in [0.1, 0.15) is 16.5 Å². The van der Waals surface area contributed by atoms with Crippen LogP contribution in [0.1, 0.15) is 33.7 Å². The minimum absolute atomic E-state index is 0.225. The number of Topliss-reactive ketones (excluding diaryl/α,β-unsaturated/α-hetero) is 1.